The SMILES string of the molecule is C=C(F)C(=C)C=C(C)C.CC.CNC.Cc1cc2c(F)c(Oc3ncnc(Nc4ccc(N5CCN(C)CC5)cn4)c3C(=O)N(C)C)ccc2[nH]1. The Balaban J connectivity index is 0.000000551. The number of nitrogens with zero attached hydrogens (tertiary/aromatic N) is 6. The molecule has 13 heteroatoms. The molecule has 4 heterocycles. The topological polar surface area (TPSA) is 115 Å². The van der Waals surface area contributed by atoms with E-state index in [1.165, 1.54) is 17.3 Å². The van der Waals surface area contributed by atoms with Crippen LogP contribution < -0.4 is 20.3 Å². The van der Waals surface area contributed by atoms with E-state index in [1.807, 2.05) is 60.8 Å². The van der Waals surface area contributed by atoms with Gasteiger partial charge >= 0.3 is 0 Å². The standard InChI is InChI=1S/C26H29FN8O2.C8H11F.C2H7N.C2H6/c1-16-13-18-19(31-16)6-7-20(23(18)27)37-25-22(26(36)33(2)3)24(29-15-30-25)32-21-8-5-17(14-28-21)35-11-9-34(4)10-12-35;1-6(2)5-7(3)8(4)9;1-3-2;1-2/h5-8,13-15,31H,9-12H2,1-4H3,(H,28,29,30,32);5H,3-4H2,1-2H3;3H,1-2H3;1-2H3. The minimum absolute atomic E-state index is 0.0430. The second kappa shape index (κ2) is 20.5. The number of carbonyl (C=O) groups excluding carboxylic acids is 1. The van der Waals surface area contributed by atoms with Crippen LogP contribution in [0, 0.1) is 12.7 Å². The van der Waals surface area contributed by atoms with Crippen molar-refractivity contribution in [3.8, 4) is 11.6 Å². The predicted molar refractivity (Wildman–Crippen MR) is 205 cm³/mol. The van der Waals surface area contributed by atoms with E-state index in [2.05, 4.69) is 60.6 Å². The molecule has 4 aromatic rings. The van der Waals surface area contributed by atoms with Gasteiger partial charge in [-0.1, -0.05) is 38.7 Å². The first-order valence-corrected chi connectivity index (χ1v) is 16.7. The van der Waals surface area contributed by atoms with Crippen LogP contribution in [0.4, 0.5) is 26.1 Å². The molecule has 3 aromatic heterocycles. The number of amides is 1. The number of benzene rings is 1. The summed E-state index contributed by atoms with van der Waals surface area (Å²) in [5.74, 6) is -0.788. The third-order valence-electron chi connectivity index (χ3n) is 7.15. The van der Waals surface area contributed by atoms with E-state index >= 15 is 4.39 Å². The molecule has 1 amide bonds. The maximum Gasteiger partial charge on any atom is 0.262 e. The third kappa shape index (κ3) is 12.3. The van der Waals surface area contributed by atoms with Crippen molar-refractivity contribution < 1.29 is 18.3 Å². The van der Waals surface area contributed by atoms with Gasteiger partial charge in [-0.05, 0) is 72.2 Å². The molecular formula is C38H53F2N9O2. The number of fused-ring (bicyclic) bond motifs is 1. The van der Waals surface area contributed by atoms with Crippen molar-refractivity contribution in [2.24, 2.45) is 0 Å². The van der Waals surface area contributed by atoms with Crippen molar-refractivity contribution in [2.45, 2.75) is 34.6 Å². The number of hydrogen-bond donors (Lipinski definition) is 3. The fraction of sp³-hybridized carbons (Fsp3) is 0.368. The van der Waals surface area contributed by atoms with Gasteiger partial charge in [0.05, 0.1) is 11.9 Å². The number of ether oxygens (including phenoxy) is 1. The van der Waals surface area contributed by atoms with Crippen molar-refractivity contribution in [2.75, 3.05) is 71.6 Å². The van der Waals surface area contributed by atoms with E-state index in [0.717, 1.165) is 43.1 Å². The number of allylic oxidation sites excluding steroid dienone is 4. The quantitative estimate of drug-likeness (QED) is 0.159. The summed E-state index contributed by atoms with van der Waals surface area (Å²) in [6.45, 7) is 20.0. The Kier molecular flexibility index (Phi) is 16.9. The highest BCUT2D eigenvalue weighted by Crippen LogP contribution is 2.34. The normalized spacial score (nSPS) is 12.2. The van der Waals surface area contributed by atoms with Crippen LogP contribution in [0.25, 0.3) is 10.9 Å². The molecule has 1 aliphatic heterocycles. The molecule has 51 heavy (non-hydrogen) atoms. The zero-order valence-corrected chi connectivity index (χ0v) is 31.6. The van der Waals surface area contributed by atoms with Crippen LogP contribution in [0.2, 0.25) is 0 Å². The molecule has 0 saturated carbocycles. The van der Waals surface area contributed by atoms with E-state index in [4.69, 9.17) is 4.74 Å². The number of rotatable bonds is 8. The van der Waals surface area contributed by atoms with Gasteiger partial charge in [-0.3, -0.25) is 4.79 Å². The van der Waals surface area contributed by atoms with E-state index in [1.54, 1.807) is 38.5 Å². The molecule has 5 rings (SSSR count). The van der Waals surface area contributed by atoms with Gasteiger partial charge < -0.3 is 35.1 Å². The molecule has 1 aliphatic rings. The second-order valence-corrected chi connectivity index (χ2v) is 12.0. The maximum absolute atomic E-state index is 15.2. The first-order chi connectivity index (χ1) is 24.2. The number of carbonyl (C=O) groups is 1. The summed E-state index contributed by atoms with van der Waals surface area (Å²) in [4.78, 5) is 35.2. The fourth-order valence-corrected chi connectivity index (χ4v) is 4.69. The minimum Gasteiger partial charge on any atom is -0.435 e. The third-order valence-corrected chi connectivity index (χ3v) is 7.15. The molecular weight excluding hydrogens is 652 g/mol. The molecule has 3 N–H and O–H groups in total. The van der Waals surface area contributed by atoms with Crippen LogP contribution in [0.15, 0.2) is 79.1 Å². The average Bonchev–Trinajstić information content (AvgIpc) is 3.49. The summed E-state index contributed by atoms with van der Waals surface area (Å²) in [6.07, 6.45) is 4.71. The Morgan fingerprint density at radius 1 is 1.04 bits per heavy atom. The van der Waals surface area contributed by atoms with Crippen molar-refractivity contribution in [1.82, 2.24) is 35.1 Å². The highest BCUT2D eigenvalue weighted by Gasteiger charge is 2.25. The number of hydrogen-bond acceptors (Lipinski definition) is 9. The number of halogens is 2. The summed E-state index contributed by atoms with van der Waals surface area (Å²) < 4.78 is 33.2. The molecule has 1 fully saturated rings. The average molecular weight is 706 g/mol. The Bertz CT molecular complexity index is 1770. The second-order valence-electron chi connectivity index (χ2n) is 12.0. The summed E-state index contributed by atoms with van der Waals surface area (Å²) in [6, 6.07) is 8.75. The fourth-order valence-electron chi connectivity index (χ4n) is 4.69. The van der Waals surface area contributed by atoms with E-state index < -0.39 is 17.6 Å². The first-order valence-electron chi connectivity index (χ1n) is 16.7. The van der Waals surface area contributed by atoms with Crippen molar-refractivity contribution in [3.05, 3.63) is 96.1 Å². The Morgan fingerprint density at radius 2 is 1.69 bits per heavy atom. The molecule has 0 radical (unpaired) electrons. The van der Waals surface area contributed by atoms with Crippen LogP contribution in [0.3, 0.4) is 0 Å². The van der Waals surface area contributed by atoms with E-state index in [0.29, 0.717) is 22.3 Å². The number of nitrogens with one attached hydrogen (secondary N) is 3. The lowest BCUT2D eigenvalue weighted by Gasteiger charge is -2.33. The van der Waals surface area contributed by atoms with Crippen molar-refractivity contribution >= 4 is 34.1 Å². The number of aryl methyl sites for hydroxylation is 1. The van der Waals surface area contributed by atoms with Gasteiger partial charge in [0, 0.05) is 62.4 Å². The zero-order valence-electron chi connectivity index (χ0n) is 31.6. The number of likely N-dealkylation sites (N-methyl/N-ethyl adjacent to an activating group) is 1. The molecule has 11 nitrogen and oxygen atoms in total. The van der Waals surface area contributed by atoms with Gasteiger partial charge in [-0.25, -0.2) is 23.7 Å². The number of pyridine rings is 1. The van der Waals surface area contributed by atoms with Crippen molar-refractivity contribution in [3.63, 3.8) is 0 Å². The smallest absolute Gasteiger partial charge is 0.262 e. The lowest BCUT2D eigenvalue weighted by Crippen LogP contribution is -2.44. The first kappa shape index (κ1) is 42.0. The lowest BCUT2D eigenvalue weighted by molar-refractivity contribution is 0.0824. The largest absolute Gasteiger partial charge is 0.435 e. The molecule has 0 spiro atoms. The summed E-state index contributed by atoms with van der Waals surface area (Å²) in [7, 11) is 9.09. The van der Waals surface area contributed by atoms with Gasteiger partial charge in [-0.15, -0.1) is 0 Å². The molecule has 0 atom stereocenters. The van der Waals surface area contributed by atoms with Gasteiger partial charge in [0.2, 0.25) is 5.88 Å². The van der Waals surface area contributed by atoms with Gasteiger partial charge in [0.25, 0.3) is 5.91 Å². The molecule has 1 aromatic carbocycles. The molecule has 0 unspecified atom stereocenters. The molecule has 276 valence electrons. The summed E-state index contributed by atoms with van der Waals surface area (Å²) >= 11 is 0. The minimum atomic E-state index is -0.542. The number of aromatic nitrogens is 4. The van der Waals surface area contributed by atoms with E-state index in [-0.39, 0.29) is 23.0 Å². The Hall–Kier alpha value is -5.14. The van der Waals surface area contributed by atoms with Gasteiger partial charge in [-0.2, -0.15) is 0 Å². The Labute approximate surface area is 301 Å². The zero-order chi connectivity index (χ0) is 38.2. The highest BCUT2D eigenvalue weighted by molar-refractivity contribution is 6.01. The van der Waals surface area contributed by atoms with Crippen LogP contribution in [-0.4, -0.2) is 97.1 Å². The number of H-pyrrole nitrogens is 1. The number of aromatic amines is 1. The van der Waals surface area contributed by atoms with Crippen LogP contribution in [0.5, 0.6) is 11.6 Å². The molecule has 0 aliphatic carbocycles. The number of piperazine rings is 1. The maximum atomic E-state index is 15.2. The predicted octanol–water partition coefficient (Wildman–Crippen LogP) is 7.64. The summed E-state index contributed by atoms with van der Waals surface area (Å²) in [5.41, 5.74) is 3.97. The highest BCUT2D eigenvalue weighted by atomic mass is 19.1. The van der Waals surface area contributed by atoms with Crippen LogP contribution >= 0.6 is 0 Å². The summed E-state index contributed by atoms with van der Waals surface area (Å²) in [5, 5.41) is 6.25. The molecule has 1 saturated heterocycles. The van der Waals surface area contributed by atoms with E-state index in [9.17, 15) is 9.18 Å². The monoisotopic (exact) mass is 705 g/mol. The Morgan fingerprint density at radius 3 is 2.22 bits per heavy atom. The van der Waals surface area contributed by atoms with Gasteiger partial charge in [0.1, 0.15) is 23.5 Å². The van der Waals surface area contributed by atoms with Gasteiger partial charge in [0.15, 0.2) is 17.4 Å². The van der Waals surface area contributed by atoms with Crippen LogP contribution in [0.1, 0.15) is 43.7 Å². The number of anilines is 3. The van der Waals surface area contributed by atoms with Crippen LogP contribution in [-0.2, 0) is 0 Å². The van der Waals surface area contributed by atoms with Crippen molar-refractivity contribution in [1.29, 1.82) is 0 Å². The molecule has 0 bridgehead atoms. The lowest BCUT2D eigenvalue weighted by atomic mass is 10.2.